The summed E-state index contributed by atoms with van der Waals surface area (Å²) in [5.74, 6) is 0.289. The lowest BCUT2D eigenvalue weighted by molar-refractivity contribution is 0.326. The van der Waals surface area contributed by atoms with Gasteiger partial charge in [-0.25, -0.2) is 4.98 Å². The van der Waals surface area contributed by atoms with Gasteiger partial charge in [0.15, 0.2) is 0 Å². The molecular weight excluding hydrogens is 169 g/mol. The van der Waals surface area contributed by atoms with Crippen LogP contribution in [-0.4, -0.2) is 28.8 Å². The van der Waals surface area contributed by atoms with Gasteiger partial charge in [0.25, 0.3) is 0 Å². The topological polar surface area (TPSA) is 62.6 Å². The maximum absolute atomic E-state index is 8.96. The van der Waals surface area contributed by atoms with Gasteiger partial charge < -0.3 is 14.8 Å². The van der Waals surface area contributed by atoms with Gasteiger partial charge in [0.05, 0.1) is 6.61 Å². The minimum atomic E-state index is -1.53. The summed E-state index contributed by atoms with van der Waals surface area (Å²) in [6, 6.07) is 3.30. The summed E-state index contributed by atoms with van der Waals surface area (Å²) in [6.45, 7) is 4.09. The Labute approximate surface area is 77.3 Å². The minimum Gasteiger partial charge on any atom is -0.478 e. The van der Waals surface area contributed by atoms with E-state index in [2.05, 4.69) is 4.98 Å². The molecule has 13 heavy (non-hydrogen) atoms. The van der Waals surface area contributed by atoms with E-state index in [0.29, 0.717) is 12.1 Å². The van der Waals surface area contributed by atoms with Crippen LogP contribution in [0.4, 0.5) is 0 Å². The van der Waals surface area contributed by atoms with Crippen LogP contribution in [0.25, 0.3) is 0 Å². The van der Waals surface area contributed by atoms with E-state index in [4.69, 9.17) is 14.8 Å². The summed E-state index contributed by atoms with van der Waals surface area (Å²) in [4.78, 5) is 4.04. The van der Waals surface area contributed by atoms with Crippen LogP contribution in [0.3, 0.4) is 0 Å². The fourth-order valence-corrected chi connectivity index (χ4v) is 0.992. The molecule has 0 saturated heterocycles. The Hall–Kier alpha value is -1.07. The fraction of sp³-hybridized carbons (Fsp3) is 0.375. The number of aryl methyl sites for hydroxylation is 1. The van der Waals surface area contributed by atoms with Crippen molar-refractivity contribution in [3.63, 3.8) is 0 Å². The van der Waals surface area contributed by atoms with Crippen molar-refractivity contribution in [2.75, 3.05) is 6.61 Å². The number of hydrogen-bond donors (Lipinski definition) is 2. The zero-order valence-corrected chi connectivity index (χ0v) is 7.69. The second-order valence-corrected chi connectivity index (χ2v) is 2.65. The van der Waals surface area contributed by atoms with Crippen molar-refractivity contribution >= 4 is 12.6 Å². The van der Waals surface area contributed by atoms with E-state index in [9.17, 15) is 0 Å². The average Bonchev–Trinajstić information content (AvgIpc) is 2.04. The van der Waals surface area contributed by atoms with E-state index in [1.165, 1.54) is 0 Å². The van der Waals surface area contributed by atoms with Crippen molar-refractivity contribution < 1.29 is 14.8 Å². The monoisotopic (exact) mass is 181 g/mol. The van der Waals surface area contributed by atoms with Crippen LogP contribution in [-0.2, 0) is 0 Å². The SMILES string of the molecule is CCOc1nc(C)ccc1B(O)O. The van der Waals surface area contributed by atoms with E-state index >= 15 is 0 Å². The minimum absolute atomic E-state index is 0.289. The van der Waals surface area contributed by atoms with Gasteiger partial charge in [-0.05, 0) is 19.9 Å². The Kier molecular flexibility index (Phi) is 3.28. The molecule has 0 bridgehead atoms. The smallest absolute Gasteiger partial charge is 0.478 e. The first-order valence-corrected chi connectivity index (χ1v) is 4.11. The summed E-state index contributed by atoms with van der Waals surface area (Å²) in [5.41, 5.74) is 1.08. The van der Waals surface area contributed by atoms with Crippen molar-refractivity contribution in [3.8, 4) is 5.88 Å². The molecule has 0 aliphatic heterocycles. The third-order valence-electron chi connectivity index (χ3n) is 1.59. The molecule has 0 radical (unpaired) electrons. The van der Waals surface area contributed by atoms with Crippen molar-refractivity contribution in [2.45, 2.75) is 13.8 Å². The quantitative estimate of drug-likeness (QED) is 0.615. The van der Waals surface area contributed by atoms with Gasteiger partial charge in [-0.3, -0.25) is 0 Å². The number of aromatic nitrogens is 1. The van der Waals surface area contributed by atoms with Gasteiger partial charge >= 0.3 is 7.12 Å². The average molecular weight is 181 g/mol. The molecular formula is C8H12BNO3. The molecule has 0 unspecified atom stereocenters. The first-order chi connectivity index (χ1) is 6.15. The van der Waals surface area contributed by atoms with Gasteiger partial charge in [-0.15, -0.1) is 0 Å². The Morgan fingerprint density at radius 2 is 2.15 bits per heavy atom. The fourth-order valence-electron chi connectivity index (χ4n) is 0.992. The van der Waals surface area contributed by atoms with E-state index < -0.39 is 7.12 Å². The molecule has 5 heteroatoms. The van der Waals surface area contributed by atoms with Crippen LogP contribution in [0.1, 0.15) is 12.6 Å². The molecule has 0 atom stereocenters. The van der Waals surface area contributed by atoms with Crippen molar-refractivity contribution in [1.82, 2.24) is 4.98 Å². The number of nitrogens with zero attached hydrogens (tertiary/aromatic N) is 1. The highest BCUT2D eigenvalue weighted by atomic mass is 16.5. The van der Waals surface area contributed by atoms with Crippen molar-refractivity contribution in [2.24, 2.45) is 0 Å². The third-order valence-corrected chi connectivity index (χ3v) is 1.59. The number of hydrogen-bond acceptors (Lipinski definition) is 4. The molecule has 0 amide bonds. The standard InChI is InChI=1S/C8H12BNO3/c1-3-13-8-7(9(11)12)5-4-6(2)10-8/h4-5,11-12H,3H2,1-2H3. The summed E-state index contributed by atoms with van der Waals surface area (Å²) >= 11 is 0. The lowest BCUT2D eigenvalue weighted by Gasteiger charge is -2.08. The van der Waals surface area contributed by atoms with Crippen LogP contribution in [0.5, 0.6) is 5.88 Å². The van der Waals surface area contributed by atoms with Gasteiger partial charge in [0.2, 0.25) is 5.88 Å². The molecule has 2 N–H and O–H groups in total. The molecule has 1 rings (SSSR count). The summed E-state index contributed by atoms with van der Waals surface area (Å²) in [5, 5.41) is 17.9. The molecule has 0 aliphatic rings. The zero-order chi connectivity index (χ0) is 9.84. The second kappa shape index (κ2) is 4.25. The largest absolute Gasteiger partial charge is 0.494 e. The summed E-state index contributed by atoms with van der Waals surface area (Å²) < 4.78 is 5.15. The first-order valence-electron chi connectivity index (χ1n) is 4.11. The van der Waals surface area contributed by atoms with Crippen LogP contribution >= 0.6 is 0 Å². The Bertz CT molecular complexity index is 291. The number of pyridine rings is 1. The Morgan fingerprint density at radius 1 is 1.46 bits per heavy atom. The molecule has 0 saturated carbocycles. The molecule has 0 fully saturated rings. The highest BCUT2D eigenvalue weighted by molar-refractivity contribution is 6.59. The van der Waals surface area contributed by atoms with Crippen LogP contribution < -0.4 is 10.2 Å². The van der Waals surface area contributed by atoms with Crippen LogP contribution in [0, 0.1) is 6.92 Å². The first kappa shape index (κ1) is 10.0. The highest BCUT2D eigenvalue weighted by Gasteiger charge is 2.17. The summed E-state index contributed by atoms with van der Waals surface area (Å²) in [7, 11) is -1.53. The maximum Gasteiger partial charge on any atom is 0.494 e. The predicted octanol–water partition coefficient (Wildman–Crippen LogP) is -0.531. The molecule has 1 aromatic heterocycles. The van der Waals surface area contributed by atoms with E-state index in [-0.39, 0.29) is 5.88 Å². The Morgan fingerprint density at radius 3 is 2.69 bits per heavy atom. The number of rotatable bonds is 3. The van der Waals surface area contributed by atoms with Gasteiger partial charge in [-0.2, -0.15) is 0 Å². The van der Waals surface area contributed by atoms with Gasteiger partial charge in [-0.1, -0.05) is 6.07 Å². The van der Waals surface area contributed by atoms with E-state index in [1.54, 1.807) is 12.1 Å². The molecule has 1 heterocycles. The molecule has 70 valence electrons. The molecule has 1 aromatic rings. The van der Waals surface area contributed by atoms with Gasteiger partial charge in [0.1, 0.15) is 0 Å². The van der Waals surface area contributed by atoms with Crippen LogP contribution in [0.15, 0.2) is 12.1 Å². The molecule has 0 aliphatic carbocycles. The lowest BCUT2D eigenvalue weighted by Crippen LogP contribution is -2.32. The summed E-state index contributed by atoms with van der Waals surface area (Å²) in [6.07, 6.45) is 0. The maximum atomic E-state index is 8.96. The normalized spacial score (nSPS) is 9.85. The molecule has 0 spiro atoms. The Balaban J connectivity index is 3.03. The van der Waals surface area contributed by atoms with Crippen LogP contribution in [0.2, 0.25) is 0 Å². The molecule has 0 aromatic carbocycles. The van der Waals surface area contributed by atoms with E-state index in [1.807, 2.05) is 13.8 Å². The van der Waals surface area contributed by atoms with Gasteiger partial charge in [0, 0.05) is 11.2 Å². The van der Waals surface area contributed by atoms with Crippen molar-refractivity contribution in [3.05, 3.63) is 17.8 Å². The van der Waals surface area contributed by atoms with E-state index in [0.717, 1.165) is 5.69 Å². The highest BCUT2D eigenvalue weighted by Crippen LogP contribution is 2.04. The zero-order valence-electron chi connectivity index (χ0n) is 7.69. The third kappa shape index (κ3) is 2.43. The van der Waals surface area contributed by atoms with Crippen molar-refractivity contribution in [1.29, 1.82) is 0 Å². The lowest BCUT2D eigenvalue weighted by atomic mass is 9.81. The second-order valence-electron chi connectivity index (χ2n) is 2.65. The molecule has 4 nitrogen and oxygen atoms in total. The number of ether oxygens (including phenoxy) is 1. The predicted molar refractivity (Wildman–Crippen MR) is 50.0 cm³/mol.